The predicted molar refractivity (Wildman–Crippen MR) is 81.7 cm³/mol. The number of nitrogens with two attached hydrogens (primary N) is 1. The van der Waals surface area contributed by atoms with Gasteiger partial charge in [0.1, 0.15) is 5.82 Å². The molecule has 2 N–H and O–H groups in total. The number of hydrogen-bond acceptors (Lipinski definition) is 3. The maximum absolute atomic E-state index is 13.6. The summed E-state index contributed by atoms with van der Waals surface area (Å²) in [6.45, 7) is 1.67. The van der Waals surface area contributed by atoms with Gasteiger partial charge >= 0.3 is 0 Å². The van der Waals surface area contributed by atoms with Gasteiger partial charge in [-0.15, -0.1) is 0 Å². The van der Waals surface area contributed by atoms with Crippen LogP contribution in [0, 0.1) is 17.7 Å². The zero-order valence-corrected chi connectivity index (χ0v) is 12.0. The number of benzene rings is 1. The molecule has 108 valence electrons. The lowest BCUT2D eigenvalue weighted by Gasteiger charge is -2.16. The first-order valence-electron chi connectivity index (χ1n) is 6.75. The number of pyridine rings is 1. The van der Waals surface area contributed by atoms with E-state index in [1.54, 1.807) is 18.3 Å². The van der Waals surface area contributed by atoms with E-state index in [-0.39, 0.29) is 12.4 Å². The van der Waals surface area contributed by atoms with Gasteiger partial charge in [-0.2, -0.15) is 0 Å². The maximum Gasteiger partial charge on any atom is 0.138 e. The van der Waals surface area contributed by atoms with Crippen LogP contribution in [0.2, 0.25) is 0 Å². The van der Waals surface area contributed by atoms with Gasteiger partial charge in [0, 0.05) is 19.3 Å². The fourth-order valence-corrected chi connectivity index (χ4v) is 2.05. The topological polar surface area (TPSA) is 42.1 Å². The molecule has 0 aliphatic heterocycles. The molecule has 0 bridgehead atoms. The van der Waals surface area contributed by atoms with E-state index in [0.29, 0.717) is 12.1 Å². The number of rotatable bonds is 4. The minimum absolute atomic E-state index is 0.225. The van der Waals surface area contributed by atoms with Crippen LogP contribution in [0.15, 0.2) is 42.6 Å². The Morgan fingerprint density at radius 2 is 2.10 bits per heavy atom. The molecule has 2 aromatic rings. The third kappa shape index (κ3) is 4.67. The summed E-state index contributed by atoms with van der Waals surface area (Å²) in [6, 6.07) is 10.8. The van der Waals surface area contributed by atoms with Crippen LogP contribution in [-0.4, -0.2) is 23.5 Å². The molecule has 0 fully saturated rings. The standard InChI is InChI=1S/C17H18FN3/c1-21(13-16-6-2-3-10-20-16)12-14-7-8-17(18)15(11-14)5-4-9-19/h2-3,6-8,10-11H,9,12-13,19H2,1H3. The highest BCUT2D eigenvalue weighted by Crippen LogP contribution is 2.12. The predicted octanol–water partition coefficient (Wildman–Crippen LogP) is 2.16. The van der Waals surface area contributed by atoms with Gasteiger partial charge in [-0.05, 0) is 36.9 Å². The second-order valence-corrected chi connectivity index (χ2v) is 4.81. The van der Waals surface area contributed by atoms with Crippen molar-refractivity contribution in [2.45, 2.75) is 13.1 Å². The number of hydrogen-bond donors (Lipinski definition) is 1. The highest BCUT2D eigenvalue weighted by atomic mass is 19.1. The molecule has 1 aromatic carbocycles. The van der Waals surface area contributed by atoms with Gasteiger partial charge in [-0.3, -0.25) is 9.88 Å². The van der Waals surface area contributed by atoms with Crippen molar-refractivity contribution in [1.29, 1.82) is 0 Å². The van der Waals surface area contributed by atoms with Crippen molar-refractivity contribution >= 4 is 0 Å². The molecule has 0 saturated carbocycles. The summed E-state index contributed by atoms with van der Waals surface area (Å²) in [7, 11) is 2.00. The van der Waals surface area contributed by atoms with E-state index in [0.717, 1.165) is 17.8 Å². The molecule has 4 heteroatoms. The molecular weight excluding hydrogens is 265 g/mol. The van der Waals surface area contributed by atoms with Crippen LogP contribution in [0.5, 0.6) is 0 Å². The fourth-order valence-electron chi connectivity index (χ4n) is 2.05. The van der Waals surface area contributed by atoms with Crippen LogP contribution in [0.3, 0.4) is 0 Å². The first-order valence-corrected chi connectivity index (χ1v) is 6.75. The van der Waals surface area contributed by atoms with Crippen LogP contribution in [-0.2, 0) is 13.1 Å². The van der Waals surface area contributed by atoms with Gasteiger partial charge in [0.2, 0.25) is 0 Å². The van der Waals surface area contributed by atoms with Crippen molar-refractivity contribution in [3.63, 3.8) is 0 Å². The Kier molecular flexibility index (Phi) is 5.44. The van der Waals surface area contributed by atoms with Gasteiger partial charge < -0.3 is 5.73 Å². The van der Waals surface area contributed by atoms with Crippen LogP contribution in [0.4, 0.5) is 4.39 Å². The van der Waals surface area contributed by atoms with Crippen molar-refractivity contribution in [3.05, 3.63) is 65.2 Å². The van der Waals surface area contributed by atoms with Crippen molar-refractivity contribution in [3.8, 4) is 11.8 Å². The summed E-state index contributed by atoms with van der Waals surface area (Å²) in [6.07, 6.45) is 1.78. The van der Waals surface area contributed by atoms with Crippen molar-refractivity contribution < 1.29 is 4.39 Å². The number of nitrogens with zero attached hydrogens (tertiary/aromatic N) is 2. The van der Waals surface area contributed by atoms with Crippen LogP contribution >= 0.6 is 0 Å². The van der Waals surface area contributed by atoms with Crippen molar-refractivity contribution in [2.24, 2.45) is 5.73 Å². The number of halogens is 1. The summed E-state index contributed by atoms with van der Waals surface area (Å²) < 4.78 is 13.6. The highest BCUT2D eigenvalue weighted by Gasteiger charge is 2.05. The molecule has 1 aromatic heterocycles. The summed E-state index contributed by atoms with van der Waals surface area (Å²) in [5.41, 5.74) is 7.73. The molecule has 2 rings (SSSR count). The fraction of sp³-hybridized carbons (Fsp3) is 0.235. The van der Waals surface area contributed by atoms with E-state index >= 15 is 0 Å². The summed E-state index contributed by atoms with van der Waals surface area (Å²) in [5, 5.41) is 0. The zero-order chi connectivity index (χ0) is 15.1. The lowest BCUT2D eigenvalue weighted by atomic mass is 10.1. The SMILES string of the molecule is CN(Cc1ccc(F)c(C#CCN)c1)Cc1ccccn1. The Hall–Kier alpha value is -2.22. The Labute approximate surface area is 124 Å². The van der Waals surface area contributed by atoms with Gasteiger partial charge in [-0.1, -0.05) is 24.0 Å². The molecular formula is C17H18FN3. The van der Waals surface area contributed by atoms with E-state index in [4.69, 9.17) is 5.73 Å². The Morgan fingerprint density at radius 3 is 2.81 bits per heavy atom. The van der Waals surface area contributed by atoms with Crippen LogP contribution in [0.1, 0.15) is 16.8 Å². The highest BCUT2D eigenvalue weighted by molar-refractivity contribution is 5.38. The molecule has 0 radical (unpaired) electrons. The minimum Gasteiger partial charge on any atom is -0.320 e. The first kappa shape index (κ1) is 15.2. The lowest BCUT2D eigenvalue weighted by molar-refractivity contribution is 0.315. The monoisotopic (exact) mass is 283 g/mol. The van der Waals surface area contributed by atoms with Crippen LogP contribution in [0.25, 0.3) is 0 Å². The second-order valence-electron chi connectivity index (χ2n) is 4.81. The quantitative estimate of drug-likeness (QED) is 0.874. The van der Waals surface area contributed by atoms with Gasteiger partial charge in [0.05, 0.1) is 17.8 Å². The van der Waals surface area contributed by atoms with Gasteiger partial charge in [0.15, 0.2) is 0 Å². The molecule has 3 nitrogen and oxygen atoms in total. The minimum atomic E-state index is -0.313. The van der Waals surface area contributed by atoms with Crippen molar-refractivity contribution in [1.82, 2.24) is 9.88 Å². The molecule has 0 amide bonds. The molecule has 21 heavy (non-hydrogen) atoms. The molecule has 0 saturated heterocycles. The normalized spacial score (nSPS) is 10.3. The van der Waals surface area contributed by atoms with Gasteiger partial charge in [0.25, 0.3) is 0 Å². The van der Waals surface area contributed by atoms with E-state index in [1.807, 2.05) is 25.2 Å². The molecule has 0 spiro atoms. The van der Waals surface area contributed by atoms with E-state index in [2.05, 4.69) is 21.7 Å². The average molecular weight is 283 g/mol. The molecule has 0 aliphatic rings. The summed E-state index contributed by atoms with van der Waals surface area (Å²) in [4.78, 5) is 6.42. The Balaban J connectivity index is 2.05. The number of aromatic nitrogens is 1. The smallest absolute Gasteiger partial charge is 0.138 e. The Bertz CT molecular complexity index is 644. The first-order chi connectivity index (χ1) is 10.2. The average Bonchev–Trinajstić information content (AvgIpc) is 2.48. The van der Waals surface area contributed by atoms with Crippen molar-refractivity contribution in [2.75, 3.05) is 13.6 Å². The zero-order valence-electron chi connectivity index (χ0n) is 12.0. The lowest BCUT2D eigenvalue weighted by Crippen LogP contribution is -2.18. The second kappa shape index (κ2) is 7.53. The molecule has 1 heterocycles. The van der Waals surface area contributed by atoms with Gasteiger partial charge in [-0.25, -0.2) is 4.39 Å². The van der Waals surface area contributed by atoms with E-state index < -0.39 is 0 Å². The van der Waals surface area contributed by atoms with E-state index in [1.165, 1.54) is 6.07 Å². The molecule has 0 unspecified atom stereocenters. The third-order valence-electron chi connectivity index (χ3n) is 2.97. The summed E-state index contributed by atoms with van der Waals surface area (Å²) in [5.74, 6) is 5.12. The van der Waals surface area contributed by atoms with Crippen LogP contribution < -0.4 is 5.73 Å². The van der Waals surface area contributed by atoms with E-state index in [9.17, 15) is 4.39 Å². The largest absolute Gasteiger partial charge is 0.320 e. The third-order valence-corrected chi connectivity index (χ3v) is 2.97. The maximum atomic E-state index is 13.6. The summed E-state index contributed by atoms with van der Waals surface area (Å²) >= 11 is 0. The Morgan fingerprint density at radius 1 is 1.24 bits per heavy atom. The molecule has 0 atom stereocenters. The molecule has 0 aliphatic carbocycles.